The summed E-state index contributed by atoms with van der Waals surface area (Å²) in [5.74, 6) is -1.47. The third kappa shape index (κ3) is 7.63. The second-order valence-electron chi connectivity index (χ2n) is 7.57. The summed E-state index contributed by atoms with van der Waals surface area (Å²) < 4.78 is 0. The van der Waals surface area contributed by atoms with Crippen molar-refractivity contribution in [2.24, 2.45) is 5.92 Å². The van der Waals surface area contributed by atoms with Crippen LogP contribution >= 0.6 is 23.2 Å². The molecule has 0 saturated heterocycles. The summed E-state index contributed by atoms with van der Waals surface area (Å²) >= 11 is 12.0. The number of para-hydroxylation sites is 1. The topological polar surface area (TPSA) is 139 Å². The van der Waals surface area contributed by atoms with Gasteiger partial charge in [-0.1, -0.05) is 47.8 Å². The van der Waals surface area contributed by atoms with E-state index in [-0.39, 0.29) is 28.0 Å². The van der Waals surface area contributed by atoms with Gasteiger partial charge in [-0.15, -0.1) is 0 Å². The molecule has 2 aromatic rings. The van der Waals surface area contributed by atoms with Gasteiger partial charge in [-0.05, 0) is 49.9 Å². The number of hydrogen-bond acceptors (Lipinski definition) is 6. The number of aliphatic hydroxyl groups excluding tert-OH is 1. The number of rotatable bonds is 13. The lowest BCUT2D eigenvalue weighted by molar-refractivity contribution is -0.385. The fraction of sp³-hybridized carbons (Fsp3) is 0.409. The van der Waals surface area contributed by atoms with Gasteiger partial charge in [0.2, 0.25) is 0 Å². The van der Waals surface area contributed by atoms with Gasteiger partial charge in [0.1, 0.15) is 0 Å². The van der Waals surface area contributed by atoms with Crippen LogP contribution in [0.15, 0.2) is 36.4 Å². The molecule has 0 aliphatic carbocycles. The highest BCUT2D eigenvalue weighted by Crippen LogP contribution is 2.31. The predicted octanol–water partition coefficient (Wildman–Crippen LogP) is 4.61. The number of nitrogens with two attached hydrogens (primary N) is 1. The van der Waals surface area contributed by atoms with Crippen molar-refractivity contribution < 1.29 is 19.9 Å². The van der Waals surface area contributed by atoms with Crippen molar-refractivity contribution >= 4 is 40.5 Å². The van der Waals surface area contributed by atoms with E-state index in [0.717, 1.165) is 6.42 Å². The fourth-order valence-corrected chi connectivity index (χ4v) is 3.92. The standard InChI is InChI=1S/C22H27Cl2N3O5/c23-17-11-16(12-18(24)21(17)25)20(28)13-26-10-4-3-6-15(22(29)30)9-8-14-5-1-2-7-19(14)27(31)32/h1-2,5,7,11-12,15,20,26,28H,3-4,6,8-10,13,25H2,(H,29,30). The van der Waals surface area contributed by atoms with Crippen molar-refractivity contribution in [1.29, 1.82) is 0 Å². The van der Waals surface area contributed by atoms with Crippen LogP contribution in [-0.4, -0.2) is 34.2 Å². The maximum atomic E-state index is 11.6. The Morgan fingerprint density at radius 1 is 1.16 bits per heavy atom. The Morgan fingerprint density at radius 3 is 2.44 bits per heavy atom. The molecule has 0 heterocycles. The number of carbonyl (C=O) groups is 1. The Balaban J connectivity index is 1.73. The van der Waals surface area contributed by atoms with Crippen LogP contribution in [0.4, 0.5) is 11.4 Å². The zero-order chi connectivity index (χ0) is 23.7. The quantitative estimate of drug-likeness (QED) is 0.141. The number of anilines is 1. The van der Waals surface area contributed by atoms with Crippen LogP contribution in [0.1, 0.15) is 42.9 Å². The van der Waals surface area contributed by atoms with E-state index in [1.165, 1.54) is 6.07 Å². The number of aryl methyl sites for hydroxylation is 1. The normalized spacial score (nSPS) is 13.0. The lowest BCUT2D eigenvalue weighted by Crippen LogP contribution is -2.23. The predicted molar refractivity (Wildman–Crippen MR) is 125 cm³/mol. The Kier molecular flexibility index (Phi) is 10.2. The summed E-state index contributed by atoms with van der Waals surface area (Å²) in [6, 6.07) is 9.54. The number of nitrogens with one attached hydrogen (secondary N) is 1. The molecule has 10 heteroatoms. The number of carboxylic acids is 1. The van der Waals surface area contributed by atoms with Crippen molar-refractivity contribution in [3.8, 4) is 0 Å². The first-order valence-corrected chi connectivity index (χ1v) is 11.0. The zero-order valence-corrected chi connectivity index (χ0v) is 19.0. The number of nitrogens with zero attached hydrogens (tertiary/aromatic N) is 1. The van der Waals surface area contributed by atoms with E-state index >= 15 is 0 Å². The molecule has 174 valence electrons. The highest BCUT2D eigenvalue weighted by Gasteiger charge is 2.20. The number of unbranched alkanes of at least 4 members (excludes halogenated alkanes) is 1. The van der Waals surface area contributed by atoms with Crippen LogP contribution in [0.3, 0.4) is 0 Å². The van der Waals surface area contributed by atoms with Crippen molar-refractivity contribution in [3.05, 3.63) is 67.7 Å². The van der Waals surface area contributed by atoms with Gasteiger partial charge in [0.15, 0.2) is 0 Å². The van der Waals surface area contributed by atoms with Gasteiger partial charge in [0.05, 0.1) is 32.7 Å². The summed E-state index contributed by atoms with van der Waals surface area (Å²) in [5, 5.41) is 34.6. The van der Waals surface area contributed by atoms with Gasteiger partial charge in [-0.3, -0.25) is 14.9 Å². The first kappa shape index (κ1) is 25.9. The third-order valence-corrected chi connectivity index (χ3v) is 5.91. The third-order valence-electron chi connectivity index (χ3n) is 5.28. The van der Waals surface area contributed by atoms with Crippen molar-refractivity contribution in [1.82, 2.24) is 5.32 Å². The van der Waals surface area contributed by atoms with E-state index in [9.17, 15) is 25.1 Å². The number of halogens is 2. The summed E-state index contributed by atoms with van der Waals surface area (Å²) in [7, 11) is 0. The summed E-state index contributed by atoms with van der Waals surface area (Å²) in [6.07, 6.45) is 1.75. The van der Waals surface area contributed by atoms with Crippen LogP contribution in [0.5, 0.6) is 0 Å². The molecule has 0 aromatic heterocycles. The van der Waals surface area contributed by atoms with E-state index in [4.69, 9.17) is 28.9 Å². The van der Waals surface area contributed by atoms with E-state index in [1.54, 1.807) is 30.3 Å². The summed E-state index contributed by atoms with van der Waals surface area (Å²) in [6.45, 7) is 0.889. The number of benzene rings is 2. The molecule has 0 amide bonds. The summed E-state index contributed by atoms with van der Waals surface area (Å²) in [5.41, 5.74) is 7.08. The molecule has 2 unspecified atom stereocenters. The SMILES string of the molecule is Nc1c(Cl)cc(C(O)CNCCCCC(CCc2ccccc2[N+](=O)[O-])C(=O)O)cc1Cl. The van der Waals surface area contributed by atoms with Gasteiger partial charge < -0.3 is 21.3 Å². The number of nitrogen functional groups attached to an aromatic ring is 1. The molecule has 0 bridgehead atoms. The zero-order valence-electron chi connectivity index (χ0n) is 17.5. The van der Waals surface area contributed by atoms with Gasteiger partial charge in [-0.2, -0.15) is 0 Å². The number of aliphatic carboxylic acids is 1. The number of nitro benzene ring substituents is 1. The number of aliphatic hydroxyl groups is 1. The minimum atomic E-state index is -0.899. The molecular formula is C22H27Cl2N3O5. The highest BCUT2D eigenvalue weighted by atomic mass is 35.5. The van der Waals surface area contributed by atoms with Crippen molar-refractivity contribution in [2.75, 3.05) is 18.8 Å². The Hall–Kier alpha value is -2.39. The first-order chi connectivity index (χ1) is 15.2. The van der Waals surface area contributed by atoms with Crippen LogP contribution < -0.4 is 11.1 Å². The van der Waals surface area contributed by atoms with E-state index in [1.807, 2.05) is 0 Å². The molecule has 0 radical (unpaired) electrons. The van der Waals surface area contributed by atoms with Gasteiger partial charge in [-0.25, -0.2) is 0 Å². The van der Waals surface area contributed by atoms with Crippen LogP contribution in [0.2, 0.25) is 10.0 Å². The van der Waals surface area contributed by atoms with Crippen LogP contribution in [0.25, 0.3) is 0 Å². The van der Waals surface area contributed by atoms with Gasteiger partial charge in [0, 0.05) is 18.2 Å². The molecule has 0 aliphatic rings. The number of hydrogen-bond donors (Lipinski definition) is 4. The van der Waals surface area contributed by atoms with Gasteiger partial charge >= 0.3 is 5.97 Å². The maximum absolute atomic E-state index is 11.6. The molecule has 0 saturated carbocycles. The molecule has 5 N–H and O–H groups in total. The molecule has 0 spiro atoms. The second-order valence-corrected chi connectivity index (χ2v) is 8.39. The maximum Gasteiger partial charge on any atom is 0.306 e. The molecular weight excluding hydrogens is 457 g/mol. The monoisotopic (exact) mass is 483 g/mol. The molecule has 32 heavy (non-hydrogen) atoms. The van der Waals surface area contributed by atoms with Crippen LogP contribution in [0, 0.1) is 16.0 Å². The molecule has 2 atom stereocenters. The van der Waals surface area contributed by atoms with E-state index in [0.29, 0.717) is 43.4 Å². The van der Waals surface area contributed by atoms with E-state index in [2.05, 4.69) is 5.32 Å². The fourth-order valence-electron chi connectivity index (χ4n) is 3.42. The Morgan fingerprint density at radius 2 is 1.81 bits per heavy atom. The van der Waals surface area contributed by atoms with Crippen LogP contribution in [-0.2, 0) is 11.2 Å². The van der Waals surface area contributed by atoms with E-state index < -0.39 is 22.9 Å². The first-order valence-electron chi connectivity index (χ1n) is 10.3. The van der Waals surface area contributed by atoms with Crippen molar-refractivity contribution in [2.45, 2.75) is 38.2 Å². The average Bonchev–Trinajstić information content (AvgIpc) is 2.75. The largest absolute Gasteiger partial charge is 0.481 e. The van der Waals surface area contributed by atoms with Crippen molar-refractivity contribution in [3.63, 3.8) is 0 Å². The Labute approximate surface area is 196 Å². The lowest BCUT2D eigenvalue weighted by atomic mass is 9.94. The number of nitro groups is 1. The number of carboxylic acid groups (broad SMARTS) is 1. The molecule has 8 nitrogen and oxygen atoms in total. The molecule has 0 fully saturated rings. The average molecular weight is 484 g/mol. The lowest BCUT2D eigenvalue weighted by Gasteiger charge is -2.15. The molecule has 2 rings (SSSR count). The summed E-state index contributed by atoms with van der Waals surface area (Å²) in [4.78, 5) is 22.2. The van der Waals surface area contributed by atoms with Gasteiger partial charge in [0.25, 0.3) is 5.69 Å². The minimum absolute atomic E-state index is 0.0167. The minimum Gasteiger partial charge on any atom is -0.481 e. The highest BCUT2D eigenvalue weighted by molar-refractivity contribution is 6.38. The Bertz CT molecular complexity index is 919. The molecule has 2 aromatic carbocycles. The smallest absolute Gasteiger partial charge is 0.306 e. The molecule has 0 aliphatic heterocycles. The second kappa shape index (κ2) is 12.6.